The van der Waals surface area contributed by atoms with Gasteiger partial charge in [-0.2, -0.15) is 18.2 Å². The van der Waals surface area contributed by atoms with Gasteiger partial charge < -0.3 is 9.84 Å². The highest BCUT2D eigenvalue weighted by atomic mass is 19.4. The van der Waals surface area contributed by atoms with Crippen LogP contribution < -0.4 is 5.32 Å². The number of nitrogens with zero attached hydrogens (tertiary/aromatic N) is 2. The lowest BCUT2D eigenvalue weighted by Crippen LogP contribution is -2.32. The van der Waals surface area contributed by atoms with Crippen LogP contribution in [0.2, 0.25) is 0 Å². The normalized spacial score (nSPS) is 12.9. The van der Waals surface area contributed by atoms with E-state index >= 15 is 0 Å². The molecule has 0 bridgehead atoms. The SMILES string of the molecule is CC[C@@H](C)NC(=O)CCc1nc(-c2cccc(C(F)(F)F)c2)no1. The Labute approximate surface area is 137 Å². The number of alkyl halides is 3. The number of halogens is 3. The number of hydrogen-bond donors (Lipinski definition) is 1. The van der Waals surface area contributed by atoms with E-state index in [0.717, 1.165) is 18.6 Å². The van der Waals surface area contributed by atoms with Crippen molar-refractivity contribution in [1.29, 1.82) is 0 Å². The minimum absolute atomic E-state index is 0.0680. The molecule has 0 aliphatic heterocycles. The summed E-state index contributed by atoms with van der Waals surface area (Å²) in [5.74, 6) is 0.142. The first-order valence-corrected chi connectivity index (χ1v) is 7.59. The third kappa shape index (κ3) is 4.81. The second-order valence-corrected chi connectivity index (χ2v) is 5.47. The Morgan fingerprint density at radius 1 is 1.38 bits per heavy atom. The summed E-state index contributed by atoms with van der Waals surface area (Å²) in [5.41, 5.74) is -0.567. The lowest BCUT2D eigenvalue weighted by Gasteiger charge is -2.10. The van der Waals surface area contributed by atoms with Gasteiger partial charge in [0.15, 0.2) is 0 Å². The quantitative estimate of drug-likeness (QED) is 0.872. The van der Waals surface area contributed by atoms with E-state index in [1.165, 1.54) is 12.1 Å². The van der Waals surface area contributed by atoms with E-state index in [1.807, 2.05) is 13.8 Å². The number of benzene rings is 1. The van der Waals surface area contributed by atoms with Gasteiger partial charge in [0.25, 0.3) is 0 Å². The molecular weight excluding hydrogens is 323 g/mol. The number of carbonyl (C=O) groups excluding carboxylic acids is 1. The predicted molar refractivity (Wildman–Crippen MR) is 81.0 cm³/mol. The fourth-order valence-electron chi connectivity index (χ4n) is 1.98. The van der Waals surface area contributed by atoms with Crippen LogP contribution in [0.15, 0.2) is 28.8 Å². The van der Waals surface area contributed by atoms with Gasteiger partial charge in [-0.15, -0.1) is 0 Å². The zero-order valence-corrected chi connectivity index (χ0v) is 13.4. The van der Waals surface area contributed by atoms with Crippen LogP contribution in [-0.4, -0.2) is 22.1 Å². The van der Waals surface area contributed by atoms with Gasteiger partial charge in [-0.05, 0) is 25.5 Å². The number of hydrogen-bond acceptors (Lipinski definition) is 4. The summed E-state index contributed by atoms with van der Waals surface area (Å²) < 4.78 is 43.2. The molecule has 1 aromatic carbocycles. The molecule has 0 aliphatic carbocycles. The highest BCUT2D eigenvalue weighted by Crippen LogP contribution is 2.31. The first-order chi connectivity index (χ1) is 11.3. The second kappa shape index (κ2) is 7.46. The van der Waals surface area contributed by atoms with Crippen molar-refractivity contribution in [3.8, 4) is 11.4 Å². The average molecular weight is 341 g/mol. The number of rotatable bonds is 6. The molecule has 0 unspecified atom stereocenters. The van der Waals surface area contributed by atoms with Crippen molar-refractivity contribution in [1.82, 2.24) is 15.5 Å². The topological polar surface area (TPSA) is 68.0 Å². The molecule has 1 atom stereocenters. The smallest absolute Gasteiger partial charge is 0.354 e. The number of nitrogens with one attached hydrogen (secondary N) is 1. The van der Waals surface area contributed by atoms with Crippen LogP contribution in [0.5, 0.6) is 0 Å². The minimum Gasteiger partial charge on any atom is -0.354 e. The molecule has 130 valence electrons. The maximum Gasteiger partial charge on any atom is 0.416 e. The van der Waals surface area contributed by atoms with Crippen LogP contribution in [0.1, 0.15) is 38.1 Å². The number of aromatic nitrogens is 2. The van der Waals surface area contributed by atoms with Crippen LogP contribution >= 0.6 is 0 Å². The molecule has 8 heteroatoms. The van der Waals surface area contributed by atoms with Crippen molar-refractivity contribution in [2.45, 2.75) is 45.3 Å². The van der Waals surface area contributed by atoms with Crippen molar-refractivity contribution >= 4 is 5.91 Å². The summed E-state index contributed by atoms with van der Waals surface area (Å²) in [5, 5.41) is 6.49. The molecule has 2 rings (SSSR count). The molecule has 0 fully saturated rings. The van der Waals surface area contributed by atoms with Crippen LogP contribution in [0, 0.1) is 0 Å². The molecule has 0 aliphatic rings. The van der Waals surface area contributed by atoms with Gasteiger partial charge in [-0.25, -0.2) is 0 Å². The van der Waals surface area contributed by atoms with Gasteiger partial charge >= 0.3 is 6.18 Å². The van der Waals surface area contributed by atoms with Gasteiger partial charge in [0.05, 0.1) is 5.56 Å². The van der Waals surface area contributed by atoms with Crippen molar-refractivity contribution in [2.24, 2.45) is 0 Å². The van der Waals surface area contributed by atoms with Crippen LogP contribution in [0.25, 0.3) is 11.4 Å². The van der Waals surface area contributed by atoms with Crippen LogP contribution in [-0.2, 0) is 17.4 Å². The molecule has 5 nitrogen and oxygen atoms in total. The van der Waals surface area contributed by atoms with Gasteiger partial charge in [-0.1, -0.05) is 24.2 Å². The van der Waals surface area contributed by atoms with Crippen LogP contribution in [0.4, 0.5) is 13.2 Å². The Kier molecular flexibility index (Phi) is 5.58. The minimum atomic E-state index is -4.43. The number of carbonyl (C=O) groups is 1. The maximum atomic E-state index is 12.7. The van der Waals surface area contributed by atoms with E-state index in [2.05, 4.69) is 15.5 Å². The van der Waals surface area contributed by atoms with Gasteiger partial charge in [0, 0.05) is 24.4 Å². The summed E-state index contributed by atoms with van der Waals surface area (Å²) in [4.78, 5) is 15.7. The molecule has 1 N–H and O–H groups in total. The van der Waals surface area contributed by atoms with Crippen molar-refractivity contribution in [3.05, 3.63) is 35.7 Å². The number of aryl methyl sites for hydroxylation is 1. The molecule has 0 saturated carbocycles. The Bertz CT molecular complexity index is 698. The first-order valence-electron chi connectivity index (χ1n) is 7.59. The summed E-state index contributed by atoms with van der Waals surface area (Å²) in [6.45, 7) is 3.86. The Morgan fingerprint density at radius 2 is 2.12 bits per heavy atom. The average Bonchev–Trinajstić information content (AvgIpc) is 3.01. The standard InChI is InChI=1S/C16H18F3N3O2/c1-3-10(2)20-13(23)7-8-14-21-15(22-24-14)11-5-4-6-12(9-11)16(17,18)19/h4-6,9-10H,3,7-8H2,1-2H3,(H,20,23)/t10-/m1/s1. The summed E-state index contributed by atoms with van der Waals surface area (Å²) in [6.07, 6.45) is -3.20. The van der Waals surface area contributed by atoms with E-state index < -0.39 is 11.7 Å². The lowest BCUT2D eigenvalue weighted by atomic mass is 10.1. The van der Waals surface area contributed by atoms with Crippen molar-refractivity contribution < 1.29 is 22.5 Å². The summed E-state index contributed by atoms with van der Waals surface area (Å²) in [6, 6.07) is 4.78. The highest BCUT2D eigenvalue weighted by molar-refractivity contribution is 5.76. The van der Waals surface area contributed by atoms with E-state index in [1.54, 1.807) is 0 Å². The fraction of sp³-hybridized carbons (Fsp3) is 0.438. The molecule has 1 aromatic heterocycles. The van der Waals surface area contributed by atoms with E-state index in [9.17, 15) is 18.0 Å². The monoisotopic (exact) mass is 341 g/mol. The summed E-state index contributed by atoms with van der Waals surface area (Å²) in [7, 11) is 0. The molecule has 2 aromatic rings. The van der Waals surface area contributed by atoms with Gasteiger partial charge in [0.1, 0.15) is 0 Å². The van der Waals surface area contributed by atoms with Crippen molar-refractivity contribution in [2.75, 3.05) is 0 Å². The predicted octanol–water partition coefficient (Wildman–Crippen LogP) is 3.60. The Balaban J connectivity index is 2.02. The zero-order chi connectivity index (χ0) is 17.7. The molecular formula is C16H18F3N3O2. The lowest BCUT2D eigenvalue weighted by molar-refractivity contribution is -0.137. The second-order valence-electron chi connectivity index (χ2n) is 5.47. The third-order valence-electron chi connectivity index (χ3n) is 3.50. The third-order valence-corrected chi connectivity index (χ3v) is 3.50. The Morgan fingerprint density at radius 3 is 2.79 bits per heavy atom. The van der Waals surface area contributed by atoms with Gasteiger partial charge in [0.2, 0.25) is 17.6 Å². The molecule has 1 amide bonds. The van der Waals surface area contributed by atoms with E-state index in [0.29, 0.717) is 0 Å². The molecule has 0 radical (unpaired) electrons. The maximum absolute atomic E-state index is 12.7. The van der Waals surface area contributed by atoms with Gasteiger partial charge in [-0.3, -0.25) is 4.79 Å². The fourth-order valence-corrected chi connectivity index (χ4v) is 1.98. The van der Waals surface area contributed by atoms with Crippen molar-refractivity contribution in [3.63, 3.8) is 0 Å². The largest absolute Gasteiger partial charge is 0.416 e. The Hall–Kier alpha value is -2.38. The summed E-state index contributed by atoms with van der Waals surface area (Å²) >= 11 is 0. The van der Waals surface area contributed by atoms with E-state index in [-0.39, 0.29) is 42.1 Å². The van der Waals surface area contributed by atoms with Crippen LogP contribution in [0.3, 0.4) is 0 Å². The molecule has 24 heavy (non-hydrogen) atoms. The number of amides is 1. The highest BCUT2D eigenvalue weighted by Gasteiger charge is 2.30. The molecule has 0 spiro atoms. The molecule has 0 saturated heterocycles. The first kappa shape index (κ1) is 18.0. The molecule has 1 heterocycles. The zero-order valence-electron chi connectivity index (χ0n) is 13.4. The van der Waals surface area contributed by atoms with E-state index in [4.69, 9.17) is 4.52 Å².